The average Bonchev–Trinajstić information content (AvgIpc) is 3.70. The number of methoxy groups -OCH3 is 1. The molecule has 3 fully saturated rings. The summed E-state index contributed by atoms with van der Waals surface area (Å²) in [5.41, 5.74) is 0. The number of Topliss-reactive ketones (excluding diaryl/α,β-unsaturated/α-hetero) is 1. The van der Waals surface area contributed by atoms with Gasteiger partial charge >= 0.3 is 0 Å². The minimum absolute atomic E-state index is 0.0102. The van der Waals surface area contributed by atoms with Crippen molar-refractivity contribution in [3.05, 3.63) is 0 Å². The van der Waals surface area contributed by atoms with Gasteiger partial charge in [-0.1, -0.05) is 26.7 Å². The van der Waals surface area contributed by atoms with Crippen LogP contribution in [0.25, 0.3) is 0 Å². The molecule has 3 rings (SSSR count). The third-order valence-electron chi connectivity index (χ3n) is 12.3. The van der Waals surface area contributed by atoms with E-state index in [0.717, 1.165) is 12.8 Å². The molecule has 0 spiro atoms. The van der Waals surface area contributed by atoms with Crippen molar-refractivity contribution in [2.24, 2.45) is 11.8 Å². The number of aliphatic hydroxyl groups is 7. The lowest BCUT2D eigenvalue weighted by Crippen LogP contribution is -2.55. The summed E-state index contributed by atoms with van der Waals surface area (Å²) in [7, 11) is 1.60. The highest BCUT2D eigenvalue weighted by molar-refractivity contribution is 5.89. The van der Waals surface area contributed by atoms with E-state index in [0.29, 0.717) is 83.7 Å². The Morgan fingerprint density at radius 2 is 1.19 bits per heavy atom. The van der Waals surface area contributed by atoms with Crippen molar-refractivity contribution >= 4 is 23.5 Å². The molecule has 9 N–H and O–H groups in total. The van der Waals surface area contributed by atoms with Crippen molar-refractivity contribution in [2.75, 3.05) is 53.2 Å². The number of hydrogen-bond donors (Lipinski definition) is 9. The highest BCUT2D eigenvalue weighted by Gasteiger charge is 2.43. The SMILES string of the molecule is CO[C@@H]1C[C@@H](CO)N(C(=O)CCCCCCC(=O)[C@@H](CCCCNC(=O)CCCCOC2OC(CO)C(O)C(O)C2C)NC(=O)CCCCOC2OC(CO)C(O)C(O)C2C)C1. The van der Waals surface area contributed by atoms with Gasteiger partial charge in [0.15, 0.2) is 18.4 Å². The topological polar surface area (TPSA) is 283 Å². The van der Waals surface area contributed by atoms with E-state index in [1.165, 1.54) is 0 Å². The van der Waals surface area contributed by atoms with E-state index in [2.05, 4.69) is 10.6 Å². The minimum Gasteiger partial charge on any atom is -0.394 e. The van der Waals surface area contributed by atoms with E-state index >= 15 is 0 Å². The van der Waals surface area contributed by atoms with E-state index in [-0.39, 0.29) is 74.7 Å². The molecular formula is C43H77N3O16. The number of amides is 3. The van der Waals surface area contributed by atoms with Crippen LogP contribution in [0.1, 0.15) is 117 Å². The number of carbonyl (C=O) groups excluding carboxylic acids is 4. The van der Waals surface area contributed by atoms with Gasteiger partial charge in [0.05, 0.1) is 50.2 Å². The van der Waals surface area contributed by atoms with Crippen molar-refractivity contribution < 1.29 is 78.6 Å². The fraction of sp³-hybridized carbons (Fsp3) is 0.907. The molecule has 3 saturated heterocycles. The molecule has 0 aromatic heterocycles. The first kappa shape index (κ1) is 53.9. The summed E-state index contributed by atoms with van der Waals surface area (Å²) >= 11 is 0. The zero-order valence-electron chi connectivity index (χ0n) is 37.0. The smallest absolute Gasteiger partial charge is 0.222 e. The Bertz CT molecular complexity index is 1310. The lowest BCUT2D eigenvalue weighted by molar-refractivity contribution is -0.282. The molecule has 19 heteroatoms. The van der Waals surface area contributed by atoms with Gasteiger partial charge in [0.1, 0.15) is 24.4 Å². The molecule has 3 amide bonds. The van der Waals surface area contributed by atoms with Gasteiger partial charge < -0.3 is 75.0 Å². The van der Waals surface area contributed by atoms with Crippen molar-refractivity contribution in [3.8, 4) is 0 Å². The molecular weight excluding hydrogens is 814 g/mol. The lowest BCUT2D eigenvalue weighted by Gasteiger charge is -2.40. The largest absolute Gasteiger partial charge is 0.394 e. The first-order chi connectivity index (χ1) is 29.8. The molecule has 0 saturated carbocycles. The normalized spacial score (nSPS) is 30.6. The molecule has 0 bridgehead atoms. The minimum atomic E-state index is -1.22. The maximum absolute atomic E-state index is 13.4. The number of ketones is 1. The first-order valence-corrected chi connectivity index (χ1v) is 22.8. The summed E-state index contributed by atoms with van der Waals surface area (Å²) in [6.07, 6.45) is -0.0862. The van der Waals surface area contributed by atoms with E-state index in [9.17, 15) is 54.9 Å². The van der Waals surface area contributed by atoms with Crippen molar-refractivity contribution in [3.63, 3.8) is 0 Å². The van der Waals surface area contributed by atoms with Crippen LogP contribution < -0.4 is 10.6 Å². The van der Waals surface area contributed by atoms with Gasteiger partial charge in [-0.25, -0.2) is 0 Å². The molecule has 19 nitrogen and oxygen atoms in total. The number of aliphatic hydroxyl groups excluding tert-OH is 7. The summed E-state index contributed by atoms with van der Waals surface area (Å²) in [6, 6.07) is -0.920. The quantitative estimate of drug-likeness (QED) is 0.0422. The Hall–Kier alpha value is -2.40. The van der Waals surface area contributed by atoms with Gasteiger partial charge in [-0.05, 0) is 64.2 Å². The molecule has 10 unspecified atom stereocenters. The van der Waals surface area contributed by atoms with Gasteiger partial charge in [0, 0.05) is 70.9 Å². The third kappa shape index (κ3) is 17.5. The van der Waals surface area contributed by atoms with Crippen molar-refractivity contribution in [1.82, 2.24) is 15.5 Å². The predicted molar refractivity (Wildman–Crippen MR) is 223 cm³/mol. The van der Waals surface area contributed by atoms with Crippen LogP contribution in [0.3, 0.4) is 0 Å². The van der Waals surface area contributed by atoms with Gasteiger partial charge in [0.2, 0.25) is 17.7 Å². The van der Waals surface area contributed by atoms with Crippen molar-refractivity contribution in [2.45, 2.75) is 184 Å². The number of ether oxygens (including phenoxy) is 5. The lowest BCUT2D eigenvalue weighted by atomic mass is 9.92. The van der Waals surface area contributed by atoms with Crippen molar-refractivity contribution in [1.29, 1.82) is 0 Å². The molecule has 360 valence electrons. The van der Waals surface area contributed by atoms with Crippen LogP contribution in [0.4, 0.5) is 0 Å². The molecule has 13 atom stereocenters. The third-order valence-corrected chi connectivity index (χ3v) is 12.3. The molecule has 0 aromatic rings. The van der Waals surface area contributed by atoms with E-state index in [1.807, 2.05) is 0 Å². The molecule has 62 heavy (non-hydrogen) atoms. The molecule has 3 aliphatic heterocycles. The van der Waals surface area contributed by atoms with Crippen LogP contribution in [-0.4, -0.2) is 185 Å². The second-order valence-electron chi connectivity index (χ2n) is 17.1. The maximum atomic E-state index is 13.4. The Morgan fingerprint density at radius 3 is 1.73 bits per heavy atom. The van der Waals surface area contributed by atoms with E-state index < -0.39 is 80.3 Å². The number of carbonyl (C=O) groups is 4. The summed E-state index contributed by atoms with van der Waals surface area (Å²) in [5, 5.41) is 74.8. The Morgan fingerprint density at radius 1 is 0.661 bits per heavy atom. The Balaban J connectivity index is 1.37. The zero-order valence-corrected chi connectivity index (χ0v) is 37.0. The summed E-state index contributed by atoms with van der Waals surface area (Å²) in [6.45, 7) is 3.73. The summed E-state index contributed by atoms with van der Waals surface area (Å²) < 4.78 is 28.0. The Kier molecular flexibility index (Phi) is 25.4. The highest BCUT2D eigenvalue weighted by Crippen LogP contribution is 2.28. The number of rotatable bonds is 30. The molecule has 0 radical (unpaired) electrons. The predicted octanol–water partition coefficient (Wildman–Crippen LogP) is -0.200. The number of unbranched alkanes of at least 4 members (excludes halogenated alkanes) is 6. The van der Waals surface area contributed by atoms with Crippen LogP contribution in [0.5, 0.6) is 0 Å². The van der Waals surface area contributed by atoms with Crippen LogP contribution in [0.2, 0.25) is 0 Å². The number of hydrogen-bond acceptors (Lipinski definition) is 16. The monoisotopic (exact) mass is 892 g/mol. The maximum Gasteiger partial charge on any atom is 0.222 e. The van der Waals surface area contributed by atoms with E-state index in [4.69, 9.17) is 23.7 Å². The second-order valence-corrected chi connectivity index (χ2v) is 17.1. The standard InChI is InChI=1S/C43H77N3O16/c1-27-38(54)40(56)33(25-48)61-42(27)59-20-12-9-16-35(51)44-19-11-8-14-31(32(50)15-6-4-5-7-18-37(53)46-23-30(58-3)22-29(46)24-47)45-36(52)17-10-13-21-60-43-28(2)39(55)41(57)34(26-49)62-43/h27-31,33-34,38-43,47-49,54-57H,4-26H2,1-3H3,(H,44,51)(H,45,52)/t27?,28?,29-,30+,31+,33?,34?,38?,39?,40?,41?,42?,43?/m0/s1. The van der Waals surface area contributed by atoms with Gasteiger partial charge in [-0.15, -0.1) is 0 Å². The Labute approximate surface area is 366 Å². The first-order valence-electron chi connectivity index (χ1n) is 22.8. The molecule has 0 aromatic carbocycles. The average molecular weight is 892 g/mol. The molecule has 0 aliphatic carbocycles. The number of nitrogens with one attached hydrogen (secondary N) is 2. The van der Waals surface area contributed by atoms with Gasteiger partial charge in [-0.3, -0.25) is 19.2 Å². The second kappa shape index (κ2) is 29.2. The number of nitrogens with zero attached hydrogens (tertiary/aromatic N) is 1. The van der Waals surface area contributed by atoms with Gasteiger partial charge in [-0.2, -0.15) is 0 Å². The van der Waals surface area contributed by atoms with Crippen LogP contribution in [-0.2, 0) is 42.9 Å². The highest BCUT2D eigenvalue weighted by atomic mass is 16.7. The molecule has 3 aliphatic rings. The van der Waals surface area contributed by atoms with Crippen LogP contribution >= 0.6 is 0 Å². The fourth-order valence-corrected chi connectivity index (χ4v) is 8.14. The summed E-state index contributed by atoms with van der Waals surface area (Å²) in [4.78, 5) is 53.4. The number of likely N-dealkylation sites (tertiary alicyclic amines) is 1. The van der Waals surface area contributed by atoms with Gasteiger partial charge in [0.25, 0.3) is 0 Å². The summed E-state index contributed by atoms with van der Waals surface area (Å²) in [5.74, 6) is -1.50. The van der Waals surface area contributed by atoms with E-state index in [1.54, 1.807) is 25.9 Å². The zero-order chi connectivity index (χ0) is 45.6. The van der Waals surface area contributed by atoms with Crippen LogP contribution in [0.15, 0.2) is 0 Å². The fourth-order valence-electron chi connectivity index (χ4n) is 8.14. The molecule has 3 heterocycles. The van der Waals surface area contributed by atoms with Crippen LogP contribution in [0, 0.1) is 11.8 Å².